The maximum Gasteiger partial charge on any atom is 0.410 e. The van der Waals surface area contributed by atoms with Crippen molar-refractivity contribution in [2.24, 2.45) is 0 Å². The van der Waals surface area contributed by atoms with Crippen molar-refractivity contribution in [1.29, 1.82) is 0 Å². The molecule has 0 fully saturated rings. The van der Waals surface area contributed by atoms with E-state index >= 15 is 0 Å². The maximum absolute atomic E-state index is 13.1. The number of unbranched alkanes of at least 4 members (excludes halogenated alkanes) is 1. The lowest BCUT2D eigenvalue weighted by molar-refractivity contribution is 0.0200. The molecule has 1 aromatic carbocycles. The van der Waals surface area contributed by atoms with Gasteiger partial charge >= 0.3 is 6.09 Å². The number of ether oxygens (including phenoxy) is 1. The fourth-order valence-corrected chi connectivity index (χ4v) is 2.95. The van der Waals surface area contributed by atoms with Crippen molar-refractivity contribution in [3.8, 4) is 5.75 Å². The number of carbonyl (C=O) groups is 2. The third-order valence-corrected chi connectivity index (χ3v) is 4.58. The minimum absolute atomic E-state index is 0.0339. The van der Waals surface area contributed by atoms with Gasteiger partial charge in [0.05, 0.1) is 6.04 Å². The first-order valence-electron chi connectivity index (χ1n) is 10.4. The lowest BCUT2D eigenvalue weighted by Crippen LogP contribution is -2.38. The van der Waals surface area contributed by atoms with Gasteiger partial charge in [0, 0.05) is 19.3 Å². The third-order valence-electron chi connectivity index (χ3n) is 4.58. The van der Waals surface area contributed by atoms with Crippen molar-refractivity contribution in [1.82, 2.24) is 14.9 Å². The standard InChI is InChI=1S/C22H29FN4O6/c1-22(2,3)33-21(32)27(4)15(7-5-6-12-28)18-25-16(17(29)20(31)26-18)19(30)24-14-10-8-13(23)9-11-14/h8-11,15,28-29H,5-7,12H2,1-4H3,(H,24,30)(H,25,26,31)/t15-/m1/s1. The molecule has 1 atom stereocenters. The topological polar surface area (TPSA) is 145 Å². The van der Waals surface area contributed by atoms with E-state index in [1.807, 2.05) is 0 Å². The van der Waals surface area contributed by atoms with Gasteiger partial charge in [-0.15, -0.1) is 0 Å². The Hall–Kier alpha value is -3.47. The number of carbonyl (C=O) groups excluding carboxylic acids is 2. The summed E-state index contributed by atoms with van der Waals surface area (Å²) in [6.45, 7) is 5.06. The van der Waals surface area contributed by atoms with Crippen LogP contribution in [0.1, 0.15) is 62.4 Å². The molecule has 1 aromatic heterocycles. The molecule has 0 saturated carbocycles. The molecule has 0 aliphatic heterocycles. The van der Waals surface area contributed by atoms with Gasteiger partial charge in [0.15, 0.2) is 5.69 Å². The van der Waals surface area contributed by atoms with E-state index in [2.05, 4.69) is 15.3 Å². The Morgan fingerprint density at radius 1 is 1.24 bits per heavy atom. The second-order valence-corrected chi connectivity index (χ2v) is 8.44. The van der Waals surface area contributed by atoms with Crippen LogP contribution in [0.5, 0.6) is 5.75 Å². The van der Waals surface area contributed by atoms with Gasteiger partial charge in [0.25, 0.3) is 11.5 Å². The van der Waals surface area contributed by atoms with Crippen LogP contribution in [-0.2, 0) is 4.74 Å². The number of aliphatic hydroxyl groups excluding tert-OH is 1. The molecule has 0 saturated heterocycles. The number of aromatic nitrogens is 2. The molecule has 2 aromatic rings. The quantitative estimate of drug-likeness (QED) is 0.440. The van der Waals surface area contributed by atoms with Crippen molar-refractivity contribution in [2.75, 3.05) is 19.0 Å². The summed E-state index contributed by atoms with van der Waals surface area (Å²) in [4.78, 5) is 45.4. The molecule has 10 nitrogen and oxygen atoms in total. The molecule has 180 valence electrons. The fraction of sp³-hybridized carbons (Fsp3) is 0.455. The normalized spacial score (nSPS) is 12.2. The molecule has 0 unspecified atom stereocenters. The highest BCUT2D eigenvalue weighted by Crippen LogP contribution is 2.25. The van der Waals surface area contributed by atoms with Gasteiger partial charge < -0.3 is 30.2 Å². The average molecular weight is 464 g/mol. The van der Waals surface area contributed by atoms with Crippen LogP contribution >= 0.6 is 0 Å². The van der Waals surface area contributed by atoms with E-state index in [1.165, 1.54) is 24.1 Å². The van der Waals surface area contributed by atoms with Gasteiger partial charge in [0.1, 0.15) is 17.2 Å². The number of hydrogen-bond donors (Lipinski definition) is 4. The lowest BCUT2D eigenvalue weighted by Gasteiger charge is -2.30. The minimum atomic E-state index is -0.964. The van der Waals surface area contributed by atoms with Gasteiger partial charge in [-0.25, -0.2) is 14.2 Å². The van der Waals surface area contributed by atoms with E-state index in [1.54, 1.807) is 20.8 Å². The summed E-state index contributed by atoms with van der Waals surface area (Å²) in [7, 11) is 1.46. The molecule has 0 aliphatic carbocycles. The predicted molar refractivity (Wildman–Crippen MR) is 119 cm³/mol. The molecule has 0 aliphatic rings. The van der Waals surface area contributed by atoms with E-state index in [0.29, 0.717) is 19.3 Å². The summed E-state index contributed by atoms with van der Waals surface area (Å²) in [5.74, 6) is -2.32. The monoisotopic (exact) mass is 464 g/mol. The van der Waals surface area contributed by atoms with Crippen LogP contribution in [0, 0.1) is 5.82 Å². The van der Waals surface area contributed by atoms with Crippen LogP contribution in [0.4, 0.5) is 14.9 Å². The maximum atomic E-state index is 13.1. The summed E-state index contributed by atoms with van der Waals surface area (Å²) in [5, 5.41) is 21.7. The molecular weight excluding hydrogens is 435 g/mol. The summed E-state index contributed by atoms with van der Waals surface area (Å²) < 4.78 is 18.5. The average Bonchev–Trinajstić information content (AvgIpc) is 2.73. The van der Waals surface area contributed by atoms with Gasteiger partial charge in [-0.2, -0.15) is 0 Å². The highest BCUT2D eigenvalue weighted by molar-refractivity contribution is 6.04. The summed E-state index contributed by atoms with van der Waals surface area (Å²) in [5.41, 5.74) is -2.05. The number of aromatic hydroxyl groups is 1. The number of amides is 2. The smallest absolute Gasteiger partial charge is 0.410 e. The van der Waals surface area contributed by atoms with Crippen LogP contribution < -0.4 is 10.9 Å². The molecular formula is C22H29FN4O6. The molecule has 11 heteroatoms. The molecule has 33 heavy (non-hydrogen) atoms. The number of benzene rings is 1. The van der Waals surface area contributed by atoms with E-state index in [9.17, 15) is 23.9 Å². The first kappa shape index (κ1) is 25.8. The van der Waals surface area contributed by atoms with E-state index in [-0.39, 0.29) is 18.1 Å². The number of halogens is 1. The van der Waals surface area contributed by atoms with E-state index in [4.69, 9.17) is 9.84 Å². The van der Waals surface area contributed by atoms with Gasteiger partial charge in [-0.1, -0.05) is 0 Å². The highest BCUT2D eigenvalue weighted by Gasteiger charge is 2.30. The molecule has 2 amide bonds. The Labute approximate surface area is 190 Å². The molecule has 2 rings (SSSR count). The van der Waals surface area contributed by atoms with E-state index < -0.39 is 46.5 Å². The zero-order chi connectivity index (χ0) is 24.8. The number of hydrogen-bond acceptors (Lipinski definition) is 7. The van der Waals surface area contributed by atoms with Crippen molar-refractivity contribution >= 4 is 17.7 Å². The molecule has 4 N–H and O–H groups in total. The molecule has 1 heterocycles. The van der Waals surface area contributed by atoms with Crippen molar-refractivity contribution in [3.05, 3.63) is 52.0 Å². The number of rotatable bonds is 8. The number of H-pyrrole nitrogens is 1. The zero-order valence-electron chi connectivity index (χ0n) is 19.0. The summed E-state index contributed by atoms with van der Waals surface area (Å²) >= 11 is 0. The Bertz CT molecular complexity index is 1030. The second-order valence-electron chi connectivity index (χ2n) is 8.44. The number of aromatic amines is 1. The van der Waals surface area contributed by atoms with Crippen LogP contribution in [0.25, 0.3) is 0 Å². The molecule has 0 radical (unpaired) electrons. The van der Waals surface area contributed by atoms with E-state index in [0.717, 1.165) is 12.1 Å². The van der Waals surface area contributed by atoms with Crippen molar-refractivity contribution in [3.63, 3.8) is 0 Å². The largest absolute Gasteiger partial charge is 0.501 e. The van der Waals surface area contributed by atoms with Gasteiger partial charge in [-0.05, 0) is 64.3 Å². The number of anilines is 1. The van der Waals surface area contributed by atoms with Crippen LogP contribution in [0.2, 0.25) is 0 Å². The van der Waals surface area contributed by atoms with Gasteiger partial charge in [-0.3, -0.25) is 9.59 Å². The van der Waals surface area contributed by atoms with Crippen LogP contribution in [-0.4, -0.2) is 56.3 Å². The Kier molecular flexibility index (Phi) is 8.52. The van der Waals surface area contributed by atoms with Crippen molar-refractivity contribution in [2.45, 2.75) is 51.7 Å². The minimum Gasteiger partial charge on any atom is -0.501 e. The molecule has 0 spiro atoms. The fourth-order valence-electron chi connectivity index (χ4n) is 2.95. The van der Waals surface area contributed by atoms with Gasteiger partial charge in [0.2, 0.25) is 5.75 Å². The first-order chi connectivity index (χ1) is 15.4. The SMILES string of the molecule is CN(C(=O)OC(C)(C)C)[C@H](CCCCO)c1nc(C(=O)Nc2ccc(F)cc2)c(O)c(=O)[nH]1. The van der Waals surface area contributed by atoms with Crippen LogP contribution in [0.15, 0.2) is 29.1 Å². The Balaban J connectivity index is 2.40. The number of nitrogens with one attached hydrogen (secondary N) is 2. The van der Waals surface area contributed by atoms with Crippen LogP contribution in [0.3, 0.4) is 0 Å². The summed E-state index contributed by atoms with van der Waals surface area (Å²) in [6, 6.07) is 4.09. The third kappa shape index (κ3) is 7.28. The lowest BCUT2D eigenvalue weighted by atomic mass is 10.1. The summed E-state index contributed by atoms with van der Waals surface area (Å²) in [6.07, 6.45) is 0.544. The second kappa shape index (κ2) is 10.9. The first-order valence-corrected chi connectivity index (χ1v) is 10.4. The predicted octanol–water partition coefficient (Wildman–Crippen LogP) is 2.94. The number of nitrogens with zero attached hydrogens (tertiary/aromatic N) is 2. The Morgan fingerprint density at radius 3 is 2.45 bits per heavy atom. The molecule has 0 bridgehead atoms. The highest BCUT2D eigenvalue weighted by atomic mass is 19.1. The van der Waals surface area contributed by atoms with Crippen molar-refractivity contribution < 1.29 is 28.9 Å². The zero-order valence-corrected chi connectivity index (χ0v) is 19.0. The number of aliphatic hydroxyl groups is 1. The Morgan fingerprint density at radius 2 is 1.88 bits per heavy atom.